The van der Waals surface area contributed by atoms with Gasteiger partial charge in [0, 0.05) is 5.69 Å². The van der Waals surface area contributed by atoms with E-state index in [1.54, 1.807) is 61.9 Å². The average Bonchev–Trinajstić information content (AvgIpc) is 3.62. The van der Waals surface area contributed by atoms with E-state index in [1.807, 2.05) is 32.0 Å². The van der Waals surface area contributed by atoms with Crippen LogP contribution >= 0.6 is 0 Å². The lowest BCUT2D eigenvalue weighted by Crippen LogP contribution is -2.32. The molecule has 0 aliphatic heterocycles. The first-order valence-electron chi connectivity index (χ1n) is 11.9. The summed E-state index contributed by atoms with van der Waals surface area (Å²) in [4.78, 5) is 35.3. The number of benzene rings is 2. The minimum Gasteiger partial charge on any atom is -0.463 e. The number of carbonyl (C=O) groups is 2. The molecule has 0 saturated carbocycles. The van der Waals surface area contributed by atoms with Crippen molar-refractivity contribution in [3.8, 4) is 22.9 Å². The van der Waals surface area contributed by atoms with Crippen molar-refractivity contribution in [2.45, 2.75) is 33.3 Å². The van der Waals surface area contributed by atoms with E-state index in [0.717, 1.165) is 11.1 Å². The van der Waals surface area contributed by atoms with Crippen LogP contribution in [0.1, 0.15) is 34.8 Å². The molecule has 186 valence electrons. The van der Waals surface area contributed by atoms with Crippen molar-refractivity contribution in [1.29, 1.82) is 0 Å². The number of furan rings is 2. The van der Waals surface area contributed by atoms with Gasteiger partial charge in [-0.25, -0.2) is 14.8 Å². The zero-order valence-electron chi connectivity index (χ0n) is 20.6. The number of nitrogens with zero attached hydrogens (tertiary/aromatic N) is 2. The molecule has 8 nitrogen and oxygen atoms in total. The van der Waals surface area contributed by atoms with Gasteiger partial charge in [-0.3, -0.25) is 4.79 Å². The van der Waals surface area contributed by atoms with Crippen LogP contribution in [0.4, 0.5) is 5.69 Å². The molecule has 1 unspecified atom stereocenters. The van der Waals surface area contributed by atoms with Crippen molar-refractivity contribution < 1.29 is 23.2 Å². The molecule has 0 fully saturated rings. The number of ether oxygens (including phenoxy) is 1. The lowest BCUT2D eigenvalue weighted by atomic mass is 10.1. The number of esters is 1. The van der Waals surface area contributed by atoms with Crippen LogP contribution in [-0.4, -0.2) is 27.9 Å². The third-order valence-electron chi connectivity index (χ3n) is 5.96. The van der Waals surface area contributed by atoms with E-state index >= 15 is 0 Å². The van der Waals surface area contributed by atoms with Crippen LogP contribution in [0.15, 0.2) is 82.0 Å². The highest BCUT2D eigenvalue weighted by molar-refractivity contribution is 5.99. The van der Waals surface area contributed by atoms with Gasteiger partial charge in [0.05, 0.1) is 29.1 Å². The third kappa shape index (κ3) is 4.99. The van der Waals surface area contributed by atoms with E-state index in [9.17, 15) is 9.59 Å². The summed E-state index contributed by atoms with van der Waals surface area (Å²) in [6.45, 7) is 5.69. The quantitative estimate of drug-likeness (QED) is 0.262. The van der Waals surface area contributed by atoms with Gasteiger partial charge in [0.1, 0.15) is 11.4 Å². The Hall–Kier alpha value is -4.72. The van der Waals surface area contributed by atoms with Gasteiger partial charge in [0.2, 0.25) is 0 Å². The lowest BCUT2D eigenvalue weighted by molar-refractivity contribution is -0.124. The Balaban J connectivity index is 1.41. The number of rotatable bonds is 7. The maximum atomic E-state index is 13.0. The number of nitrogens with one attached hydrogen (secondary N) is 1. The molecule has 1 amide bonds. The fourth-order valence-electron chi connectivity index (χ4n) is 4.04. The minimum atomic E-state index is -0.949. The minimum absolute atomic E-state index is 0.260. The van der Waals surface area contributed by atoms with Crippen LogP contribution in [0.5, 0.6) is 0 Å². The Morgan fingerprint density at radius 1 is 0.892 bits per heavy atom. The fraction of sp³-hybridized carbons (Fsp3) is 0.172. The molecule has 0 radical (unpaired) electrons. The molecule has 5 rings (SSSR count). The summed E-state index contributed by atoms with van der Waals surface area (Å²) in [5.74, 6) is 0.0559. The number of amides is 1. The maximum Gasteiger partial charge on any atom is 0.338 e. The SMILES string of the molecule is CCC(OC(=O)c1ccc2nc(-c3ccco3)c(-c3ccco3)nc2c1)C(=O)Nc1ccc(C)cc1C. The van der Waals surface area contributed by atoms with Crippen molar-refractivity contribution in [2.24, 2.45) is 0 Å². The molecule has 0 spiro atoms. The van der Waals surface area contributed by atoms with Gasteiger partial charge in [-0.05, 0) is 74.4 Å². The normalized spacial score (nSPS) is 11.9. The van der Waals surface area contributed by atoms with Gasteiger partial charge in [-0.1, -0.05) is 24.6 Å². The van der Waals surface area contributed by atoms with Crippen LogP contribution in [0.2, 0.25) is 0 Å². The summed E-state index contributed by atoms with van der Waals surface area (Å²) < 4.78 is 16.7. The summed E-state index contributed by atoms with van der Waals surface area (Å²) >= 11 is 0. The van der Waals surface area contributed by atoms with E-state index in [2.05, 4.69) is 5.32 Å². The van der Waals surface area contributed by atoms with Crippen LogP contribution in [0, 0.1) is 13.8 Å². The Bertz CT molecular complexity index is 1570. The van der Waals surface area contributed by atoms with Gasteiger partial charge in [-0.2, -0.15) is 0 Å². The average molecular weight is 496 g/mol. The number of aromatic nitrogens is 2. The van der Waals surface area contributed by atoms with Crippen molar-refractivity contribution in [3.05, 3.63) is 89.9 Å². The monoisotopic (exact) mass is 495 g/mol. The highest BCUT2D eigenvalue weighted by Gasteiger charge is 2.24. The molecule has 3 heterocycles. The molecule has 1 N–H and O–H groups in total. The van der Waals surface area contributed by atoms with Crippen molar-refractivity contribution in [1.82, 2.24) is 9.97 Å². The molecule has 0 bridgehead atoms. The molecule has 0 aliphatic carbocycles. The first-order chi connectivity index (χ1) is 17.9. The second kappa shape index (κ2) is 10.1. The number of carbonyl (C=O) groups excluding carboxylic acids is 2. The van der Waals surface area contributed by atoms with Gasteiger partial charge >= 0.3 is 5.97 Å². The van der Waals surface area contributed by atoms with Crippen LogP contribution in [-0.2, 0) is 9.53 Å². The number of hydrogen-bond acceptors (Lipinski definition) is 7. The van der Waals surface area contributed by atoms with Crippen LogP contribution in [0.25, 0.3) is 33.9 Å². The summed E-state index contributed by atoms with van der Waals surface area (Å²) in [6.07, 6.45) is 2.49. The number of fused-ring (bicyclic) bond motifs is 1. The van der Waals surface area contributed by atoms with Crippen LogP contribution in [0.3, 0.4) is 0 Å². The Morgan fingerprint density at radius 2 is 1.57 bits per heavy atom. The Morgan fingerprint density at radius 3 is 2.16 bits per heavy atom. The molecular formula is C29H25N3O5. The number of aryl methyl sites for hydroxylation is 2. The molecule has 0 saturated heterocycles. The fourth-order valence-corrected chi connectivity index (χ4v) is 4.04. The van der Waals surface area contributed by atoms with Gasteiger partial charge in [0.25, 0.3) is 5.91 Å². The van der Waals surface area contributed by atoms with Crippen LogP contribution < -0.4 is 5.32 Å². The van der Waals surface area contributed by atoms with Gasteiger partial charge in [-0.15, -0.1) is 0 Å². The molecule has 1 atom stereocenters. The Labute approximate surface area is 213 Å². The first kappa shape index (κ1) is 24.0. The Kier molecular flexibility index (Phi) is 6.55. The predicted octanol–water partition coefficient (Wildman–Crippen LogP) is 6.34. The highest BCUT2D eigenvalue weighted by atomic mass is 16.5. The van der Waals surface area contributed by atoms with E-state index in [0.29, 0.717) is 46.0 Å². The van der Waals surface area contributed by atoms with E-state index in [1.165, 1.54) is 0 Å². The maximum absolute atomic E-state index is 13.0. The first-order valence-corrected chi connectivity index (χ1v) is 11.9. The predicted molar refractivity (Wildman–Crippen MR) is 139 cm³/mol. The molecule has 0 aliphatic rings. The zero-order valence-corrected chi connectivity index (χ0v) is 20.6. The lowest BCUT2D eigenvalue weighted by Gasteiger charge is -2.17. The zero-order chi connectivity index (χ0) is 25.9. The molecule has 2 aromatic carbocycles. The van der Waals surface area contributed by atoms with E-state index < -0.39 is 12.1 Å². The topological polar surface area (TPSA) is 107 Å². The molecular weight excluding hydrogens is 470 g/mol. The van der Waals surface area contributed by atoms with E-state index in [4.69, 9.17) is 23.5 Å². The summed E-state index contributed by atoms with van der Waals surface area (Å²) in [5, 5.41) is 2.86. The van der Waals surface area contributed by atoms with Gasteiger partial charge < -0.3 is 18.9 Å². The summed E-state index contributed by atoms with van der Waals surface area (Å²) in [6, 6.07) is 17.7. The van der Waals surface area contributed by atoms with Crippen molar-refractivity contribution in [2.75, 3.05) is 5.32 Å². The largest absolute Gasteiger partial charge is 0.463 e. The summed E-state index contributed by atoms with van der Waals surface area (Å²) in [5.41, 5.74) is 5.03. The second-order valence-electron chi connectivity index (χ2n) is 8.69. The second-order valence-corrected chi connectivity index (χ2v) is 8.69. The molecule has 5 aromatic rings. The molecule has 37 heavy (non-hydrogen) atoms. The van der Waals surface area contributed by atoms with Crippen molar-refractivity contribution >= 4 is 28.6 Å². The van der Waals surface area contributed by atoms with Gasteiger partial charge in [0.15, 0.2) is 17.6 Å². The smallest absolute Gasteiger partial charge is 0.338 e. The summed E-state index contributed by atoms with van der Waals surface area (Å²) in [7, 11) is 0. The van der Waals surface area contributed by atoms with E-state index in [-0.39, 0.29) is 11.5 Å². The highest BCUT2D eigenvalue weighted by Crippen LogP contribution is 2.31. The van der Waals surface area contributed by atoms with Crippen molar-refractivity contribution in [3.63, 3.8) is 0 Å². The number of anilines is 1. The number of hydrogen-bond donors (Lipinski definition) is 1. The molecule has 8 heteroatoms. The third-order valence-corrected chi connectivity index (χ3v) is 5.96. The molecule has 3 aromatic heterocycles. The standard InChI is InChI=1S/C29H25N3O5/c1-4-23(28(33)32-20-11-9-17(2)15-18(20)3)37-29(34)19-10-12-21-22(16-19)31-27(25-8-6-14-36-25)26(30-21)24-7-5-13-35-24/h5-16,23H,4H2,1-3H3,(H,32,33).